The van der Waals surface area contributed by atoms with E-state index in [4.69, 9.17) is 0 Å². The maximum atomic E-state index is 12.9. The third-order valence-electron chi connectivity index (χ3n) is 11.3. The molecule has 0 unspecified atom stereocenters. The number of carbonyl (C=O) groups excluding carboxylic acids is 4. The van der Waals surface area contributed by atoms with E-state index in [-0.39, 0.29) is 23.6 Å². The number of carbonyl (C=O) groups is 4. The molecule has 10 heteroatoms. The zero-order valence-corrected chi connectivity index (χ0v) is 39.6. The summed E-state index contributed by atoms with van der Waals surface area (Å²) < 4.78 is 0. The van der Waals surface area contributed by atoms with Gasteiger partial charge in [0.05, 0.1) is 0 Å². The molecule has 2 heterocycles. The highest BCUT2D eigenvalue weighted by Crippen LogP contribution is 2.28. The van der Waals surface area contributed by atoms with Gasteiger partial charge in [-0.2, -0.15) is 0 Å². The van der Waals surface area contributed by atoms with Crippen molar-refractivity contribution in [2.45, 2.75) is 156 Å². The van der Waals surface area contributed by atoms with Crippen LogP contribution in [0, 0.1) is 23.7 Å². The van der Waals surface area contributed by atoms with E-state index in [2.05, 4.69) is 107 Å². The van der Waals surface area contributed by atoms with E-state index in [1.165, 1.54) is 0 Å². The van der Waals surface area contributed by atoms with Crippen LogP contribution in [0.15, 0.2) is 72.8 Å². The molecular formula is C56H68N6O4. The third kappa shape index (κ3) is 17.1. The number of hydrogen-bond donors (Lipinski definition) is 4. The van der Waals surface area contributed by atoms with Gasteiger partial charge in [0.1, 0.15) is 23.3 Å². The number of unbranched alkanes of at least 4 members (excludes halogenated alkanes) is 12. The topological polar surface area (TPSA) is 142 Å². The van der Waals surface area contributed by atoms with Crippen molar-refractivity contribution in [2.75, 3.05) is 21.3 Å². The number of benzene rings is 3. The van der Waals surface area contributed by atoms with Crippen LogP contribution >= 0.6 is 0 Å². The quantitative estimate of drug-likeness (QED) is 0.0276. The standard InChI is InChI=1S/C56H68N6O4/c1-5-9-13-17-27-53(63)59-49-35-41(36-50(57-49)60-54(64)28-18-14-10-6-2)31-33-43-23-21-25-45-39-46-26-22-24-44(48(46)40-47(43)45)34-32-42-37-51(61-55(65)29-19-15-11-7-3)58-52(38-42)62-56(66)30-20-16-12-8-4/h21-26,35-40H,5-20,27-30H2,1-4H3,(H2,57,59,60,63,64)(H2,58,61,62,65,66). The second-order valence-electron chi connectivity index (χ2n) is 17.1. The predicted molar refractivity (Wildman–Crippen MR) is 271 cm³/mol. The number of nitrogens with one attached hydrogen (secondary N) is 4. The minimum Gasteiger partial charge on any atom is -0.311 e. The van der Waals surface area contributed by atoms with Crippen LogP contribution in [0.25, 0.3) is 21.5 Å². The van der Waals surface area contributed by atoms with Gasteiger partial charge >= 0.3 is 0 Å². The van der Waals surface area contributed by atoms with Crippen molar-refractivity contribution in [1.29, 1.82) is 0 Å². The van der Waals surface area contributed by atoms with Crippen molar-refractivity contribution in [1.82, 2.24) is 9.97 Å². The molecular weight excluding hydrogens is 821 g/mol. The number of rotatable bonds is 24. The molecule has 0 aliphatic heterocycles. The Morgan fingerprint density at radius 1 is 0.394 bits per heavy atom. The van der Waals surface area contributed by atoms with E-state index in [9.17, 15) is 19.2 Å². The Morgan fingerprint density at radius 2 is 0.712 bits per heavy atom. The van der Waals surface area contributed by atoms with Crippen LogP contribution in [-0.2, 0) is 19.2 Å². The number of fused-ring (bicyclic) bond motifs is 2. The van der Waals surface area contributed by atoms with Gasteiger partial charge in [0, 0.05) is 47.9 Å². The molecule has 346 valence electrons. The lowest BCUT2D eigenvalue weighted by Crippen LogP contribution is -2.16. The Hall–Kier alpha value is -6.52. The molecule has 0 saturated heterocycles. The highest BCUT2D eigenvalue weighted by molar-refractivity contribution is 6.03. The zero-order valence-electron chi connectivity index (χ0n) is 39.6. The van der Waals surface area contributed by atoms with Gasteiger partial charge in [-0.3, -0.25) is 19.2 Å². The highest BCUT2D eigenvalue weighted by Gasteiger charge is 2.12. The fraction of sp³-hybridized carbons (Fsp3) is 0.429. The smallest absolute Gasteiger partial charge is 0.225 e. The SMILES string of the molecule is CCCCCCC(=O)Nc1cc(C#Cc2cccc3cc4cccc(C#Cc5cc(NC(=O)CCCCCC)nc(NC(=O)CCCCCC)c5)c4cc23)cc(NC(=O)CCCCCC)n1. The minimum atomic E-state index is -0.120. The first-order valence-corrected chi connectivity index (χ1v) is 24.4. The van der Waals surface area contributed by atoms with Crippen molar-refractivity contribution >= 4 is 68.4 Å². The van der Waals surface area contributed by atoms with Crippen LogP contribution in [0.5, 0.6) is 0 Å². The van der Waals surface area contributed by atoms with Gasteiger partial charge < -0.3 is 21.3 Å². The lowest BCUT2D eigenvalue weighted by Gasteiger charge is -2.10. The van der Waals surface area contributed by atoms with Crippen LogP contribution < -0.4 is 21.3 Å². The molecule has 5 rings (SSSR count). The van der Waals surface area contributed by atoms with Crippen molar-refractivity contribution in [3.05, 3.63) is 95.1 Å². The first-order valence-electron chi connectivity index (χ1n) is 24.4. The zero-order chi connectivity index (χ0) is 46.9. The number of pyridine rings is 2. The number of hydrogen-bond acceptors (Lipinski definition) is 6. The largest absolute Gasteiger partial charge is 0.311 e. The molecule has 4 amide bonds. The number of amides is 4. The van der Waals surface area contributed by atoms with E-state index in [1.54, 1.807) is 24.3 Å². The molecule has 4 N–H and O–H groups in total. The van der Waals surface area contributed by atoms with E-state index < -0.39 is 0 Å². The predicted octanol–water partition coefficient (Wildman–Crippen LogP) is 13.2. The molecule has 0 fully saturated rings. The molecule has 10 nitrogen and oxygen atoms in total. The summed E-state index contributed by atoms with van der Waals surface area (Å²) in [5, 5.41) is 15.6. The van der Waals surface area contributed by atoms with Crippen LogP contribution in [0.1, 0.15) is 178 Å². The first-order chi connectivity index (χ1) is 32.2. The van der Waals surface area contributed by atoms with Gasteiger partial charge in [-0.25, -0.2) is 9.97 Å². The molecule has 3 aromatic carbocycles. The highest BCUT2D eigenvalue weighted by atomic mass is 16.2. The molecule has 0 saturated carbocycles. The van der Waals surface area contributed by atoms with Gasteiger partial charge in [-0.15, -0.1) is 0 Å². The van der Waals surface area contributed by atoms with Gasteiger partial charge in [0.15, 0.2) is 0 Å². The fourth-order valence-corrected chi connectivity index (χ4v) is 7.68. The lowest BCUT2D eigenvalue weighted by molar-refractivity contribution is -0.117. The third-order valence-corrected chi connectivity index (χ3v) is 11.3. The summed E-state index contributed by atoms with van der Waals surface area (Å²) >= 11 is 0. The first kappa shape index (κ1) is 50.5. The Morgan fingerprint density at radius 3 is 1.02 bits per heavy atom. The average Bonchev–Trinajstić information content (AvgIpc) is 3.30. The Labute approximate surface area is 392 Å². The summed E-state index contributed by atoms with van der Waals surface area (Å²) in [6.45, 7) is 8.56. The monoisotopic (exact) mass is 889 g/mol. The molecule has 2 aromatic heterocycles. The van der Waals surface area contributed by atoms with Crippen LogP contribution in [0.2, 0.25) is 0 Å². The number of anilines is 4. The fourth-order valence-electron chi connectivity index (χ4n) is 7.68. The molecule has 0 bridgehead atoms. The number of nitrogens with zero attached hydrogens (tertiary/aromatic N) is 2. The van der Waals surface area contributed by atoms with Crippen molar-refractivity contribution in [3.63, 3.8) is 0 Å². The van der Waals surface area contributed by atoms with Crippen molar-refractivity contribution < 1.29 is 19.2 Å². The lowest BCUT2D eigenvalue weighted by atomic mass is 9.97. The maximum Gasteiger partial charge on any atom is 0.225 e. The summed E-state index contributed by atoms with van der Waals surface area (Å²) in [6.07, 6.45) is 17.4. The van der Waals surface area contributed by atoms with E-state index in [0.717, 1.165) is 135 Å². The van der Waals surface area contributed by atoms with Crippen molar-refractivity contribution in [2.24, 2.45) is 0 Å². The minimum absolute atomic E-state index is 0.120. The van der Waals surface area contributed by atoms with Crippen LogP contribution in [0.4, 0.5) is 23.3 Å². The van der Waals surface area contributed by atoms with E-state index in [1.807, 2.05) is 24.3 Å². The van der Waals surface area contributed by atoms with Crippen molar-refractivity contribution in [3.8, 4) is 23.7 Å². The summed E-state index contributed by atoms with van der Waals surface area (Å²) in [7, 11) is 0. The van der Waals surface area contributed by atoms with E-state index >= 15 is 0 Å². The molecule has 0 aliphatic carbocycles. The summed E-state index contributed by atoms with van der Waals surface area (Å²) in [4.78, 5) is 60.7. The normalized spacial score (nSPS) is 10.7. The molecule has 0 spiro atoms. The number of aromatic nitrogens is 2. The Balaban J connectivity index is 1.46. The van der Waals surface area contributed by atoms with Crippen LogP contribution in [-0.4, -0.2) is 33.6 Å². The molecule has 0 radical (unpaired) electrons. The average molecular weight is 889 g/mol. The second-order valence-corrected chi connectivity index (χ2v) is 17.1. The van der Waals surface area contributed by atoms with Gasteiger partial charge in [0.25, 0.3) is 0 Å². The Kier molecular flexibility index (Phi) is 21.2. The van der Waals surface area contributed by atoms with Gasteiger partial charge in [-0.1, -0.05) is 153 Å². The molecule has 5 aromatic rings. The summed E-state index contributed by atoms with van der Waals surface area (Å²) in [5.41, 5.74) is 2.81. The summed E-state index contributed by atoms with van der Waals surface area (Å²) in [6, 6.07) is 23.3. The molecule has 66 heavy (non-hydrogen) atoms. The molecule has 0 aliphatic rings. The Bertz CT molecular complexity index is 2300. The van der Waals surface area contributed by atoms with Gasteiger partial charge in [0.2, 0.25) is 23.6 Å². The second kappa shape index (κ2) is 27.7. The summed E-state index contributed by atoms with van der Waals surface area (Å²) in [5.74, 6) is 14.2. The van der Waals surface area contributed by atoms with Gasteiger partial charge in [-0.05, 0) is 95.8 Å². The molecule has 0 atom stereocenters. The van der Waals surface area contributed by atoms with E-state index in [0.29, 0.717) is 60.1 Å². The maximum absolute atomic E-state index is 12.9. The van der Waals surface area contributed by atoms with Crippen LogP contribution in [0.3, 0.4) is 0 Å².